The molecule has 2 rings (SSSR count). The number of rotatable bonds is 2. The number of aliphatic hydroxyl groups excluding tert-OH is 1. The number of hydrogen-bond acceptors (Lipinski definition) is 3. The Morgan fingerprint density at radius 3 is 2.73 bits per heavy atom. The average Bonchev–Trinajstić information content (AvgIpc) is 2.27. The van der Waals surface area contributed by atoms with Crippen molar-refractivity contribution in [2.45, 2.75) is 6.61 Å². The van der Waals surface area contributed by atoms with Gasteiger partial charge < -0.3 is 9.84 Å². The van der Waals surface area contributed by atoms with Crippen LogP contribution < -0.4 is 4.74 Å². The number of hydrogen-bond donors (Lipinski definition) is 1. The van der Waals surface area contributed by atoms with Crippen molar-refractivity contribution < 1.29 is 26.9 Å². The van der Waals surface area contributed by atoms with E-state index in [1.807, 2.05) is 30.3 Å². The van der Waals surface area contributed by atoms with Crippen LogP contribution in [0, 0.1) is 0 Å². The van der Waals surface area contributed by atoms with Gasteiger partial charge in [0.15, 0.2) is 0 Å². The van der Waals surface area contributed by atoms with Gasteiger partial charge in [0.1, 0.15) is 0 Å². The fourth-order valence-corrected chi connectivity index (χ4v) is 1.37. The van der Waals surface area contributed by atoms with Gasteiger partial charge in [-0.15, -0.1) is 0 Å². The minimum atomic E-state index is 0. The molecule has 3 nitrogen and oxygen atoms in total. The first-order valence-corrected chi connectivity index (χ1v) is 4.38. The fourth-order valence-electron chi connectivity index (χ4n) is 1.37. The molecule has 0 aliphatic carbocycles. The molecule has 0 aliphatic heterocycles. The van der Waals surface area contributed by atoms with Crippen molar-refractivity contribution in [3.8, 4) is 5.88 Å². The van der Waals surface area contributed by atoms with Crippen molar-refractivity contribution in [2.75, 3.05) is 7.11 Å². The molecule has 2 aromatic rings. The monoisotopic (exact) mass is 244 g/mol. The van der Waals surface area contributed by atoms with Gasteiger partial charge in [0.2, 0.25) is 5.88 Å². The maximum absolute atomic E-state index is 8.95. The van der Waals surface area contributed by atoms with Gasteiger partial charge in [0.25, 0.3) is 0 Å². The first kappa shape index (κ1) is 12.0. The largest absolute Gasteiger partial charge is 0.481 e. The van der Waals surface area contributed by atoms with E-state index in [9.17, 15) is 0 Å². The average molecular weight is 244 g/mol. The molecule has 79 valence electrons. The molecule has 0 bridgehead atoms. The summed E-state index contributed by atoms with van der Waals surface area (Å²) in [5.41, 5.74) is 1.77. The minimum Gasteiger partial charge on any atom is -0.481 e. The molecule has 1 aromatic heterocycles. The van der Waals surface area contributed by atoms with Crippen LogP contribution in [0.3, 0.4) is 0 Å². The quantitative estimate of drug-likeness (QED) is 0.818. The summed E-state index contributed by atoms with van der Waals surface area (Å²) in [5.74, 6) is 0.606. The molecule has 4 heteroatoms. The van der Waals surface area contributed by atoms with Gasteiger partial charge in [-0.05, 0) is 23.8 Å². The van der Waals surface area contributed by atoms with Gasteiger partial charge >= 0.3 is 0 Å². The van der Waals surface area contributed by atoms with Crippen LogP contribution in [0.25, 0.3) is 10.9 Å². The molecular weight excluding hydrogens is 233 g/mol. The van der Waals surface area contributed by atoms with E-state index in [1.165, 1.54) is 0 Å². The van der Waals surface area contributed by atoms with Crippen LogP contribution in [0.1, 0.15) is 5.56 Å². The van der Waals surface area contributed by atoms with Crippen LogP contribution in [0.4, 0.5) is 0 Å². The zero-order chi connectivity index (χ0) is 9.97. The third-order valence-electron chi connectivity index (χ3n) is 2.12. The number of aromatic nitrogens is 1. The Kier molecular flexibility index (Phi) is 4.09. The third-order valence-corrected chi connectivity index (χ3v) is 2.12. The zero-order valence-electron chi connectivity index (χ0n) is 8.27. The molecule has 0 unspecified atom stereocenters. The predicted molar refractivity (Wildman–Crippen MR) is 54.2 cm³/mol. The zero-order valence-corrected chi connectivity index (χ0v) is 9.45. The second kappa shape index (κ2) is 5.12. The smallest absolute Gasteiger partial charge is 0.213 e. The molecule has 1 N–H and O–H groups in total. The second-order valence-corrected chi connectivity index (χ2v) is 3.04. The number of benzene rings is 1. The van der Waals surface area contributed by atoms with E-state index in [1.54, 1.807) is 7.11 Å². The Balaban J connectivity index is 0.00000112. The third kappa shape index (κ3) is 2.48. The van der Waals surface area contributed by atoms with E-state index in [-0.39, 0.29) is 23.7 Å². The first-order valence-electron chi connectivity index (χ1n) is 4.38. The van der Waals surface area contributed by atoms with Crippen LogP contribution in [0.5, 0.6) is 5.88 Å². The van der Waals surface area contributed by atoms with Crippen LogP contribution in [-0.2, 0) is 23.7 Å². The summed E-state index contributed by atoms with van der Waals surface area (Å²) < 4.78 is 5.02. The number of fused-ring (bicyclic) bond motifs is 1. The maximum Gasteiger partial charge on any atom is 0.213 e. The van der Waals surface area contributed by atoms with E-state index in [0.29, 0.717) is 5.88 Å². The summed E-state index contributed by atoms with van der Waals surface area (Å²) in [5, 5.41) is 9.96. The Hall–Kier alpha value is -1.09. The summed E-state index contributed by atoms with van der Waals surface area (Å²) in [6.45, 7) is 0.0575. The van der Waals surface area contributed by atoms with Crippen LogP contribution in [-0.4, -0.2) is 17.2 Å². The van der Waals surface area contributed by atoms with E-state index in [4.69, 9.17) is 9.84 Å². The number of methoxy groups -OCH3 is 1. The predicted octanol–water partition coefficient (Wildman–Crippen LogP) is 1.73. The Morgan fingerprint density at radius 2 is 2.07 bits per heavy atom. The summed E-state index contributed by atoms with van der Waals surface area (Å²) in [4.78, 5) is 4.27. The molecule has 1 radical (unpaired) electrons. The Morgan fingerprint density at radius 1 is 1.27 bits per heavy atom. The number of ether oxygens (including phenoxy) is 1. The van der Waals surface area contributed by atoms with Crippen molar-refractivity contribution in [3.63, 3.8) is 0 Å². The number of aliphatic hydroxyl groups is 1. The Bertz CT molecular complexity index is 416. The standard InChI is InChI=1S/C11H11NO2.Mn/c1-14-11-5-3-9-6-8(7-13)2-4-10(9)12-11;/h2-6,13H,7H2,1H3;. The van der Waals surface area contributed by atoms with Gasteiger partial charge in [-0.2, -0.15) is 0 Å². The van der Waals surface area contributed by atoms with Crippen molar-refractivity contribution in [1.82, 2.24) is 4.98 Å². The molecule has 0 amide bonds. The maximum atomic E-state index is 8.95. The van der Waals surface area contributed by atoms with Crippen molar-refractivity contribution in [2.24, 2.45) is 0 Å². The summed E-state index contributed by atoms with van der Waals surface area (Å²) >= 11 is 0. The fraction of sp³-hybridized carbons (Fsp3) is 0.182. The molecule has 0 aliphatic rings. The topological polar surface area (TPSA) is 42.4 Å². The van der Waals surface area contributed by atoms with Crippen LogP contribution >= 0.6 is 0 Å². The molecular formula is C11H11MnNO2. The van der Waals surface area contributed by atoms with Gasteiger partial charge in [-0.3, -0.25) is 0 Å². The molecule has 0 spiro atoms. The molecule has 1 aromatic carbocycles. The molecule has 0 fully saturated rings. The van der Waals surface area contributed by atoms with E-state index in [0.717, 1.165) is 16.5 Å². The second-order valence-electron chi connectivity index (χ2n) is 3.04. The van der Waals surface area contributed by atoms with Crippen molar-refractivity contribution in [3.05, 3.63) is 35.9 Å². The molecule has 0 saturated heterocycles. The Labute approximate surface area is 98.6 Å². The summed E-state index contributed by atoms with van der Waals surface area (Å²) in [7, 11) is 1.59. The molecule has 1 heterocycles. The molecule has 0 saturated carbocycles. The van der Waals surface area contributed by atoms with Gasteiger partial charge in [-0.1, -0.05) is 6.07 Å². The summed E-state index contributed by atoms with van der Waals surface area (Å²) in [6.07, 6.45) is 0. The SMILES string of the molecule is COc1ccc2cc(CO)ccc2n1.[Mn]. The number of nitrogens with zero attached hydrogens (tertiary/aromatic N) is 1. The van der Waals surface area contributed by atoms with Crippen molar-refractivity contribution in [1.29, 1.82) is 0 Å². The molecule has 15 heavy (non-hydrogen) atoms. The van der Waals surface area contributed by atoms with Crippen LogP contribution in [0.15, 0.2) is 30.3 Å². The minimum absolute atomic E-state index is 0. The van der Waals surface area contributed by atoms with Crippen molar-refractivity contribution >= 4 is 10.9 Å². The van der Waals surface area contributed by atoms with E-state index >= 15 is 0 Å². The number of pyridine rings is 1. The van der Waals surface area contributed by atoms with Gasteiger partial charge in [0.05, 0.1) is 19.2 Å². The van der Waals surface area contributed by atoms with E-state index in [2.05, 4.69) is 4.98 Å². The summed E-state index contributed by atoms with van der Waals surface area (Å²) in [6, 6.07) is 9.39. The van der Waals surface area contributed by atoms with E-state index < -0.39 is 0 Å². The first-order chi connectivity index (χ1) is 6.83. The normalized spacial score (nSPS) is 9.73. The van der Waals surface area contributed by atoms with Gasteiger partial charge in [0, 0.05) is 28.5 Å². The van der Waals surface area contributed by atoms with Gasteiger partial charge in [-0.25, -0.2) is 4.98 Å². The molecule has 0 atom stereocenters. The van der Waals surface area contributed by atoms with Crippen LogP contribution in [0.2, 0.25) is 0 Å².